The van der Waals surface area contributed by atoms with Crippen molar-refractivity contribution in [1.29, 1.82) is 0 Å². The first-order chi connectivity index (χ1) is 12.9. The number of carbonyl (C=O) groups is 2. The highest BCUT2D eigenvalue weighted by molar-refractivity contribution is 5.98. The number of anilines is 1. The van der Waals surface area contributed by atoms with Crippen molar-refractivity contribution >= 4 is 17.5 Å². The fraction of sp³-hybridized carbons (Fsp3) is 0.111. The summed E-state index contributed by atoms with van der Waals surface area (Å²) in [7, 11) is 1.61. The quantitative estimate of drug-likeness (QED) is 0.629. The second-order valence-electron chi connectivity index (χ2n) is 5.69. The molecule has 0 spiro atoms. The molecule has 0 aliphatic rings. The number of aryl methyl sites for hydroxylation is 1. The van der Waals surface area contributed by atoms with Gasteiger partial charge < -0.3 is 15.6 Å². The minimum atomic E-state index is -0.603. The number of rotatable bonds is 5. The van der Waals surface area contributed by atoms with Gasteiger partial charge in [-0.05, 0) is 30.3 Å². The van der Waals surface area contributed by atoms with E-state index in [2.05, 4.69) is 20.7 Å². The molecule has 0 radical (unpaired) electrons. The summed E-state index contributed by atoms with van der Waals surface area (Å²) in [5.74, 6) is -1.56. The van der Waals surface area contributed by atoms with Crippen LogP contribution in [-0.2, 0) is 11.8 Å². The molecule has 0 aliphatic heterocycles. The van der Waals surface area contributed by atoms with Crippen LogP contribution in [0.5, 0.6) is 0 Å². The summed E-state index contributed by atoms with van der Waals surface area (Å²) in [6.07, 6.45) is 1.47. The number of pyridine rings is 1. The molecule has 2 amide bonds. The van der Waals surface area contributed by atoms with Crippen molar-refractivity contribution in [2.75, 3.05) is 11.9 Å². The fourth-order valence-electron chi connectivity index (χ4n) is 2.47. The van der Waals surface area contributed by atoms with Gasteiger partial charge in [0.05, 0.1) is 12.2 Å². The highest BCUT2D eigenvalue weighted by atomic mass is 19.1. The number of benzene rings is 1. The highest BCUT2D eigenvalue weighted by Gasteiger charge is 2.12. The van der Waals surface area contributed by atoms with Crippen LogP contribution in [0.15, 0.2) is 53.5 Å². The van der Waals surface area contributed by atoms with Gasteiger partial charge in [0, 0.05) is 30.6 Å². The average molecular weight is 369 g/mol. The zero-order chi connectivity index (χ0) is 19.4. The zero-order valence-corrected chi connectivity index (χ0v) is 14.3. The summed E-state index contributed by atoms with van der Waals surface area (Å²) in [6.45, 7) is -0.278. The van der Waals surface area contributed by atoms with Crippen molar-refractivity contribution < 1.29 is 14.0 Å². The van der Waals surface area contributed by atoms with Crippen molar-refractivity contribution in [2.45, 2.75) is 0 Å². The number of halogens is 1. The molecule has 2 aromatic heterocycles. The molecule has 0 saturated heterocycles. The van der Waals surface area contributed by atoms with Crippen molar-refractivity contribution in [2.24, 2.45) is 7.05 Å². The van der Waals surface area contributed by atoms with Crippen molar-refractivity contribution in [3.8, 4) is 11.3 Å². The predicted molar refractivity (Wildman–Crippen MR) is 96.6 cm³/mol. The maximum Gasteiger partial charge on any atom is 0.269 e. The van der Waals surface area contributed by atoms with E-state index in [1.807, 2.05) is 0 Å². The van der Waals surface area contributed by atoms with Crippen LogP contribution in [0.2, 0.25) is 0 Å². The number of H-pyrrole nitrogens is 1. The second-order valence-corrected chi connectivity index (χ2v) is 5.69. The van der Waals surface area contributed by atoms with E-state index in [-0.39, 0.29) is 23.4 Å². The Labute approximate surface area is 153 Å². The van der Waals surface area contributed by atoms with E-state index in [1.54, 1.807) is 13.1 Å². The lowest BCUT2D eigenvalue weighted by Gasteiger charge is -2.09. The van der Waals surface area contributed by atoms with E-state index in [0.29, 0.717) is 11.4 Å². The average Bonchev–Trinajstić information content (AvgIpc) is 3.06. The molecular weight excluding hydrogens is 353 g/mol. The number of hydrogen-bond acceptors (Lipinski definition) is 4. The molecule has 0 bridgehead atoms. The lowest BCUT2D eigenvalue weighted by Crippen LogP contribution is -2.33. The SMILES string of the molecule is Cn1nccc1C(=O)NCC(=O)Nc1ccc(-c2cccc(=O)[nH]2)c(F)c1. The Kier molecular flexibility index (Phi) is 5.11. The number of aromatic amines is 1. The number of carbonyl (C=O) groups excluding carboxylic acids is 2. The van der Waals surface area contributed by atoms with Crippen molar-refractivity contribution in [3.63, 3.8) is 0 Å². The van der Waals surface area contributed by atoms with Gasteiger partial charge in [-0.1, -0.05) is 6.07 Å². The number of nitrogens with zero attached hydrogens (tertiary/aromatic N) is 2. The molecule has 0 atom stereocenters. The van der Waals surface area contributed by atoms with Gasteiger partial charge in [0.1, 0.15) is 11.5 Å². The van der Waals surface area contributed by atoms with E-state index >= 15 is 0 Å². The smallest absolute Gasteiger partial charge is 0.269 e. The maximum atomic E-state index is 14.3. The second kappa shape index (κ2) is 7.65. The van der Waals surface area contributed by atoms with Crippen LogP contribution >= 0.6 is 0 Å². The van der Waals surface area contributed by atoms with Crippen LogP contribution in [0, 0.1) is 5.82 Å². The van der Waals surface area contributed by atoms with Crippen LogP contribution in [-0.4, -0.2) is 33.1 Å². The predicted octanol–water partition coefficient (Wildman–Crippen LogP) is 1.28. The molecule has 8 nitrogen and oxygen atoms in total. The van der Waals surface area contributed by atoms with Gasteiger partial charge in [0.25, 0.3) is 5.91 Å². The molecule has 0 unspecified atom stereocenters. The number of nitrogens with one attached hydrogen (secondary N) is 3. The Morgan fingerprint density at radius 3 is 2.70 bits per heavy atom. The van der Waals surface area contributed by atoms with Crippen LogP contribution in [0.1, 0.15) is 10.5 Å². The van der Waals surface area contributed by atoms with Gasteiger partial charge in [0.15, 0.2) is 0 Å². The fourth-order valence-corrected chi connectivity index (χ4v) is 2.47. The number of hydrogen-bond donors (Lipinski definition) is 3. The molecule has 138 valence electrons. The monoisotopic (exact) mass is 369 g/mol. The Morgan fingerprint density at radius 1 is 1.22 bits per heavy atom. The summed E-state index contributed by atoms with van der Waals surface area (Å²) in [5, 5.41) is 8.83. The minimum Gasteiger partial charge on any atom is -0.342 e. The molecule has 0 aliphatic carbocycles. The summed E-state index contributed by atoms with van der Waals surface area (Å²) in [5.41, 5.74) is 0.745. The van der Waals surface area contributed by atoms with Crippen LogP contribution < -0.4 is 16.2 Å². The highest BCUT2D eigenvalue weighted by Crippen LogP contribution is 2.22. The molecule has 3 N–H and O–H groups in total. The third-order valence-corrected chi connectivity index (χ3v) is 3.77. The minimum absolute atomic E-state index is 0.204. The molecule has 0 fully saturated rings. The normalized spacial score (nSPS) is 10.4. The Morgan fingerprint density at radius 2 is 2.04 bits per heavy atom. The zero-order valence-electron chi connectivity index (χ0n) is 14.3. The number of amides is 2. The van der Waals surface area contributed by atoms with E-state index in [1.165, 1.54) is 41.2 Å². The van der Waals surface area contributed by atoms with E-state index in [9.17, 15) is 18.8 Å². The standard InChI is InChI=1S/C18H16FN5O3/c1-24-15(7-8-21-24)18(27)20-10-17(26)22-11-5-6-12(13(19)9-11)14-3-2-4-16(25)23-14/h2-9H,10H2,1H3,(H,20,27)(H,22,26)(H,23,25). The molecule has 27 heavy (non-hydrogen) atoms. The largest absolute Gasteiger partial charge is 0.342 e. The van der Waals surface area contributed by atoms with Crippen molar-refractivity contribution in [1.82, 2.24) is 20.1 Å². The first-order valence-electron chi connectivity index (χ1n) is 7.99. The molecule has 3 aromatic rings. The summed E-state index contributed by atoms with van der Waals surface area (Å²) < 4.78 is 15.7. The summed E-state index contributed by atoms with van der Waals surface area (Å²) in [6, 6.07) is 10.0. The van der Waals surface area contributed by atoms with E-state index < -0.39 is 17.6 Å². The lowest BCUT2D eigenvalue weighted by atomic mass is 10.1. The third-order valence-electron chi connectivity index (χ3n) is 3.77. The summed E-state index contributed by atoms with van der Waals surface area (Å²) >= 11 is 0. The molecule has 3 rings (SSSR count). The van der Waals surface area contributed by atoms with Gasteiger partial charge >= 0.3 is 0 Å². The molecular formula is C18H16FN5O3. The molecule has 0 saturated carbocycles. The van der Waals surface area contributed by atoms with E-state index in [0.717, 1.165) is 6.07 Å². The Hall–Kier alpha value is -3.75. The van der Waals surface area contributed by atoms with Gasteiger partial charge in [-0.2, -0.15) is 5.10 Å². The Balaban J connectivity index is 1.63. The van der Waals surface area contributed by atoms with Gasteiger partial charge in [-0.15, -0.1) is 0 Å². The molecule has 2 heterocycles. The molecule has 9 heteroatoms. The van der Waals surface area contributed by atoms with Crippen LogP contribution in [0.25, 0.3) is 11.3 Å². The van der Waals surface area contributed by atoms with Crippen LogP contribution in [0.4, 0.5) is 10.1 Å². The maximum absolute atomic E-state index is 14.3. The van der Waals surface area contributed by atoms with Gasteiger partial charge in [-0.25, -0.2) is 4.39 Å². The first-order valence-corrected chi connectivity index (χ1v) is 7.99. The third kappa shape index (κ3) is 4.27. The van der Waals surface area contributed by atoms with Gasteiger partial charge in [0.2, 0.25) is 11.5 Å². The van der Waals surface area contributed by atoms with Gasteiger partial charge in [-0.3, -0.25) is 19.1 Å². The summed E-state index contributed by atoms with van der Waals surface area (Å²) in [4.78, 5) is 37.8. The van der Waals surface area contributed by atoms with Crippen LogP contribution in [0.3, 0.4) is 0 Å². The first kappa shape index (κ1) is 18.1. The lowest BCUT2D eigenvalue weighted by molar-refractivity contribution is -0.115. The topological polar surface area (TPSA) is 109 Å². The van der Waals surface area contributed by atoms with E-state index in [4.69, 9.17) is 0 Å². The molecule has 1 aromatic carbocycles. The Bertz CT molecular complexity index is 1060. The van der Waals surface area contributed by atoms with Crippen molar-refractivity contribution in [3.05, 3.63) is 70.5 Å². The number of aromatic nitrogens is 3.